The second-order valence-electron chi connectivity index (χ2n) is 4.67. The standard InChI is InChI=1S/C13H17ClN2O2/c1-18-13(6-3-7-13)8-11(17)16-12-9(14)4-2-5-10(12)15/h2,4-5H,3,6-8,15H2,1H3,(H,16,17). The number of amides is 1. The zero-order chi connectivity index (χ0) is 13.2. The maximum Gasteiger partial charge on any atom is 0.227 e. The molecule has 1 aromatic rings. The fourth-order valence-corrected chi connectivity index (χ4v) is 2.40. The molecule has 1 aliphatic rings. The molecule has 5 heteroatoms. The van der Waals surface area contributed by atoms with E-state index in [0.717, 1.165) is 19.3 Å². The normalized spacial score (nSPS) is 17.0. The molecule has 98 valence electrons. The van der Waals surface area contributed by atoms with Crippen LogP contribution in [-0.4, -0.2) is 18.6 Å². The highest BCUT2D eigenvalue weighted by molar-refractivity contribution is 6.34. The number of carbonyl (C=O) groups excluding carboxylic acids is 1. The van der Waals surface area contributed by atoms with Crippen LogP contribution < -0.4 is 11.1 Å². The van der Waals surface area contributed by atoms with Gasteiger partial charge < -0.3 is 15.8 Å². The average Bonchev–Trinajstić information content (AvgIpc) is 2.29. The zero-order valence-corrected chi connectivity index (χ0v) is 11.1. The zero-order valence-electron chi connectivity index (χ0n) is 10.3. The second kappa shape index (κ2) is 5.16. The van der Waals surface area contributed by atoms with Gasteiger partial charge in [0.1, 0.15) is 0 Å². The number of para-hydroxylation sites is 1. The smallest absolute Gasteiger partial charge is 0.227 e. The van der Waals surface area contributed by atoms with Crippen LogP contribution >= 0.6 is 11.6 Å². The maximum atomic E-state index is 12.0. The first-order chi connectivity index (χ1) is 8.56. The fraction of sp³-hybridized carbons (Fsp3) is 0.462. The molecule has 1 fully saturated rings. The quantitative estimate of drug-likeness (QED) is 0.826. The lowest BCUT2D eigenvalue weighted by molar-refractivity contribution is -0.129. The number of hydrogen-bond acceptors (Lipinski definition) is 3. The Morgan fingerprint density at radius 1 is 1.56 bits per heavy atom. The highest BCUT2D eigenvalue weighted by Gasteiger charge is 2.39. The van der Waals surface area contributed by atoms with E-state index in [4.69, 9.17) is 22.1 Å². The Morgan fingerprint density at radius 2 is 2.28 bits per heavy atom. The first kappa shape index (κ1) is 13.2. The third kappa shape index (κ3) is 2.60. The monoisotopic (exact) mass is 268 g/mol. The van der Waals surface area contributed by atoms with Crippen molar-refractivity contribution in [3.63, 3.8) is 0 Å². The number of methoxy groups -OCH3 is 1. The van der Waals surface area contributed by atoms with Crippen molar-refractivity contribution in [3.8, 4) is 0 Å². The van der Waals surface area contributed by atoms with Crippen molar-refractivity contribution in [1.29, 1.82) is 0 Å². The predicted octanol–water partition coefficient (Wildman–Crippen LogP) is 2.82. The molecule has 0 aliphatic heterocycles. The highest BCUT2D eigenvalue weighted by Crippen LogP contribution is 2.38. The average molecular weight is 269 g/mol. The number of anilines is 2. The van der Waals surface area contributed by atoms with Crippen LogP contribution in [0.25, 0.3) is 0 Å². The molecule has 1 aromatic carbocycles. The number of nitrogens with two attached hydrogens (primary N) is 1. The summed E-state index contributed by atoms with van der Waals surface area (Å²) in [5.41, 5.74) is 6.44. The SMILES string of the molecule is COC1(CC(=O)Nc2c(N)cccc2Cl)CCC1. The summed E-state index contributed by atoms with van der Waals surface area (Å²) in [4.78, 5) is 12.0. The molecule has 1 aliphatic carbocycles. The molecule has 0 heterocycles. The van der Waals surface area contributed by atoms with Crippen LogP contribution in [0, 0.1) is 0 Å². The van der Waals surface area contributed by atoms with Crippen LogP contribution in [0.3, 0.4) is 0 Å². The van der Waals surface area contributed by atoms with Gasteiger partial charge in [0.15, 0.2) is 0 Å². The van der Waals surface area contributed by atoms with Gasteiger partial charge in [-0.1, -0.05) is 17.7 Å². The van der Waals surface area contributed by atoms with Crippen molar-refractivity contribution in [2.45, 2.75) is 31.3 Å². The fourth-order valence-electron chi connectivity index (χ4n) is 2.17. The third-order valence-electron chi connectivity index (χ3n) is 3.49. The van der Waals surface area contributed by atoms with Crippen molar-refractivity contribution in [2.24, 2.45) is 0 Å². The topological polar surface area (TPSA) is 64.3 Å². The summed E-state index contributed by atoms with van der Waals surface area (Å²) in [7, 11) is 1.65. The second-order valence-corrected chi connectivity index (χ2v) is 5.08. The van der Waals surface area contributed by atoms with Crippen LogP contribution in [0.4, 0.5) is 11.4 Å². The van der Waals surface area contributed by atoms with Crippen LogP contribution in [0.15, 0.2) is 18.2 Å². The molecule has 0 spiro atoms. The van der Waals surface area contributed by atoms with E-state index < -0.39 is 0 Å². The molecule has 1 amide bonds. The molecular formula is C13H17ClN2O2. The minimum absolute atomic E-state index is 0.114. The minimum Gasteiger partial charge on any atom is -0.397 e. The van der Waals surface area contributed by atoms with Gasteiger partial charge in [-0.25, -0.2) is 0 Å². The van der Waals surface area contributed by atoms with E-state index >= 15 is 0 Å². The molecule has 3 N–H and O–H groups in total. The van der Waals surface area contributed by atoms with Gasteiger partial charge in [-0.05, 0) is 31.4 Å². The number of nitrogen functional groups attached to an aromatic ring is 1. The molecule has 0 saturated heterocycles. The molecule has 0 atom stereocenters. The largest absolute Gasteiger partial charge is 0.397 e. The van der Waals surface area contributed by atoms with Gasteiger partial charge in [-0.3, -0.25) is 4.79 Å². The van der Waals surface area contributed by atoms with E-state index in [9.17, 15) is 4.79 Å². The first-order valence-corrected chi connectivity index (χ1v) is 6.33. The van der Waals surface area contributed by atoms with Crippen molar-refractivity contribution >= 4 is 28.9 Å². The van der Waals surface area contributed by atoms with Crippen molar-refractivity contribution < 1.29 is 9.53 Å². The van der Waals surface area contributed by atoms with Gasteiger partial charge in [-0.15, -0.1) is 0 Å². The number of ether oxygens (including phenoxy) is 1. The first-order valence-electron chi connectivity index (χ1n) is 5.95. The van der Waals surface area contributed by atoms with E-state index in [1.165, 1.54) is 0 Å². The molecule has 18 heavy (non-hydrogen) atoms. The maximum absolute atomic E-state index is 12.0. The van der Waals surface area contributed by atoms with E-state index in [2.05, 4.69) is 5.32 Å². The molecule has 0 unspecified atom stereocenters. The van der Waals surface area contributed by atoms with Crippen molar-refractivity contribution in [1.82, 2.24) is 0 Å². The van der Waals surface area contributed by atoms with Crippen LogP contribution in [0.2, 0.25) is 5.02 Å². The number of rotatable bonds is 4. The molecule has 4 nitrogen and oxygen atoms in total. The van der Waals surface area contributed by atoms with Gasteiger partial charge in [0.05, 0.1) is 28.4 Å². The number of benzene rings is 1. The Labute approximate surface area is 111 Å². The van der Waals surface area contributed by atoms with Crippen LogP contribution in [0.1, 0.15) is 25.7 Å². The van der Waals surface area contributed by atoms with E-state index in [1.54, 1.807) is 25.3 Å². The lowest BCUT2D eigenvalue weighted by Crippen LogP contribution is -2.42. The number of nitrogens with one attached hydrogen (secondary N) is 1. The lowest BCUT2D eigenvalue weighted by atomic mass is 9.77. The Morgan fingerprint density at radius 3 is 2.78 bits per heavy atom. The third-order valence-corrected chi connectivity index (χ3v) is 3.81. The summed E-state index contributed by atoms with van der Waals surface area (Å²) >= 11 is 6.00. The van der Waals surface area contributed by atoms with Gasteiger partial charge in [0.25, 0.3) is 0 Å². The van der Waals surface area contributed by atoms with Crippen LogP contribution in [0.5, 0.6) is 0 Å². The Kier molecular flexibility index (Phi) is 3.78. The van der Waals surface area contributed by atoms with Gasteiger partial charge in [0, 0.05) is 7.11 Å². The Bertz CT molecular complexity index is 433. The molecule has 2 rings (SSSR count). The van der Waals surface area contributed by atoms with Crippen molar-refractivity contribution in [3.05, 3.63) is 23.2 Å². The van der Waals surface area contributed by atoms with Crippen molar-refractivity contribution in [2.75, 3.05) is 18.2 Å². The van der Waals surface area contributed by atoms with E-state index in [1.807, 2.05) is 0 Å². The highest BCUT2D eigenvalue weighted by atomic mass is 35.5. The van der Waals surface area contributed by atoms with E-state index in [0.29, 0.717) is 22.8 Å². The Balaban J connectivity index is 2.03. The number of carbonyl (C=O) groups is 1. The summed E-state index contributed by atoms with van der Waals surface area (Å²) in [5, 5.41) is 3.21. The molecular weight excluding hydrogens is 252 g/mol. The summed E-state index contributed by atoms with van der Waals surface area (Å²) in [6.45, 7) is 0. The lowest BCUT2D eigenvalue weighted by Gasteiger charge is -2.39. The molecule has 0 bridgehead atoms. The summed E-state index contributed by atoms with van der Waals surface area (Å²) in [6.07, 6.45) is 3.30. The van der Waals surface area contributed by atoms with E-state index in [-0.39, 0.29) is 11.5 Å². The Hall–Kier alpha value is -1.26. The summed E-state index contributed by atoms with van der Waals surface area (Å²) in [6, 6.07) is 5.15. The summed E-state index contributed by atoms with van der Waals surface area (Å²) < 4.78 is 5.42. The number of halogens is 1. The molecule has 0 aromatic heterocycles. The van der Waals surface area contributed by atoms with Gasteiger partial charge >= 0.3 is 0 Å². The molecule has 1 saturated carbocycles. The molecule has 0 radical (unpaired) electrons. The van der Waals surface area contributed by atoms with Gasteiger partial charge in [0.2, 0.25) is 5.91 Å². The summed E-state index contributed by atoms with van der Waals surface area (Å²) in [5.74, 6) is -0.114. The van der Waals surface area contributed by atoms with Crippen LogP contribution in [-0.2, 0) is 9.53 Å². The predicted molar refractivity (Wildman–Crippen MR) is 72.7 cm³/mol. The number of hydrogen-bond donors (Lipinski definition) is 2. The minimum atomic E-state index is -0.292. The van der Waals surface area contributed by atoms with Gasteiger partial charge in [-0.2, -0.15) is 0 Å².